The Morgan fingerprint density at radius 1 is 1.53 bits per heavy atom. The molecule has 1 aliphatic rings. The maximum absolute atomic E-state index is 11.3. The second kappa shape index (κ2) is 6.04. The molecule has 2 atom stereocenters. The Hall–Kier alpha value is -1.59. The number of amides is 1. The Labute approximate surface area is 113 Å². The number of carbonyl (C=O) groups excluding carboxylic acids is 1. The van der Waals surface area contributed by atoms with Crippen LogP contribution in [0.15, 0.2) is 18.2 Å². The second-order valence-electron chi connectivity index (χ2n) is 4.77. The molecule has 0 fully saturated rings. The standard InChI is InChI=1S/C14H20N2O3/c1-3-11(7-17)15-9(2)10-4-5-13-12(6-10)16-14(18)8-19-13/h4-6,9,11,15,17H,3,7-8H2,1-2H3,(H,16,18)/t9?,11-/m0/s1. The minimum atomic E-state index is -0.132. The molecule has 0 aliphatic carbocycles. The lowest BCUT2D eigenvalue weighted by molar-refractivity contribution is -0.118. The van der Waals surface area contributed by atoms with Crippen LogP contribution in [0.25, 0.3) is 0 Å². The normalized spacial score (nSPS) is 17.1. The van der Waals surface area contributed by atoms with Crippen molar-refractivity contribution in [1.82, 2.24) is 5.32 Å². The third-order valence-electron chi connectivity index (χ3n) is 3.34. The van der Waals surface area contributed by atoms with Crippen molar-refractivity contribution >= 4 is 11.6 Å². The van der Waals surface area contributed by atoms with Crippen LogP contribution < -0.4 is 15.4 Å². The minimum Gasteiger partial charge on any atom is -0.482 e. The van der Waals surface area contributed by atoms with Crippen LogP contribution in [0.1, 0.15) is 31.9 Å². The summed E-state index contributed by atoms with van der Waals surface area (Å²) in [5.74, 6) is 0.566. The number of hydrogen-bond acceptors (Lipinski definition) is 4. The molecule has 19 heavy (non-hydrogen) atoms. The van der Waals surface area contributed by atoms with Crippen molar-refractivity contribution in [1.29, 1.82) is 0 Å². The van der Waals surface area contributed by atoms with E-state index in [-0.39, 0.29) is 31.2 Å². The fourth-order valence-corrected chi connectivity index (χ4v) is 2.12. The number of carbonyl (C=O) groups is 1. The SMILES string of the molecule is CC[C@@H](CO)NC(C)c1ccc2c(c1)NC(=O)CO2. The van der Waals surface area contributed by atoms with Crippen LogP contribution in [0.4, 0.5) is 5.69 Å². The van der Waals surface area contributed by atoms with E-state index < -0.39 is 0 Å². The fraction of sp³-hybridized carbons (Fsp3) is 0.500. The number of fused-ring (bicyclic) bond motifs is 1. The molecule has 5 heteroatoms. The van der Waals surface area contributed by atoms with Gasteiger partial charge in [0, 0.05) is 12.1 Å². The lowest BCUT2D eigenvalue weighted by atomic mass is 10.0. The van der Waals surface area contributed by atoms with Crippen molar-refractivity contribution in [2.45, 2.75) is 32.4 Å². The van der Waals surface area contributed by atoms with E-state index in [1.165, 1.54) is 0 Å². The van der Waals surface area contributed by atoms with Crippen LogP contribution in [0.2, 0.25) is 0 Å². The summed E-state index contributed by atoms with van der Waals surface area (Å²) in [5, 5.41) is 15.4. The molecule has 1 aromatic carbocycles. The molecule has 2 rings (SSSR count). The van der Waals surface area contributed by atoms with Crippen molar-refractivity contribution in [3.63, 3.8) is 0 Å². The monoisotopic (exact) mass is 264 g/mol. The first kappa shape index (κ1) is 13.8. The number of benzene rings is 1. The molecule has 0 radical (unpaired) electrons. The van der Waals surface area contributed by atoms with E-state index in [2.05, 4.69) is 10.6 Å². The van der Waals surface area contributed by atoms with E-state index >= 15 is 0 Å². The predicted octanol–water partition coefficient (Wildman–Crippen LogP) is 1.44. The maximum Gasteiger partial charge on any atom is 0.262 e. The number of nitrogens with one attached hydrogen (secondary N) is 2. The molecule has 1 aromatic rings. The van der Waals surface area contributed by atoms with Gasteiger partial charge in [0.25, 0.3) is 5.91 Å². The van der Waals surface area contributed by atoms with E-state index in [0.717, 1.165) is 12.0 Å². The smallest absolute Gasteiger partial charge is 0.262 e. The third-order valence-corrected chi connectivity index (χ3v) is 3.34. The summed E-state index contributed by atoms with van der Waals surface area (Å²) in [6, 6.07) is 5.92. The summed E-state index contributed by atoms with van der Waals surface area (Å²) in [6.07, 6.45) is 0.867. The number of aliphatic hydroxyl groups is 1. The minimum absolute atomic E-state index is 0.0720. The highest BCUT2D eigenvalue weighted by Crippen LogP contribution is 2.30. The molecular weight excluding hydrogens is 244 g/mol. The van der Waals surface area contributed by atoms with Gasteiger partial charge in [-0.3, -0.25) is 4.79 Å². The van der Waals surface area contributed by atoms with E-state index in [1.54, 1.807) is 0 Å². The summed E-state index contributed by atoms with van der Waals surface area (Å²) >= 11 is 0. The first-order valence-electron chi connectivity index (χ1n) is 6.57. The average molecular weight is 264 g/mol. The van der Waals surface area contributed by atoms with Crippen molar-refractivity contribution < 1.29 is 14.6 Å². The Morgan fingerprint density at radius 2 is 2.32 bits per heavy atom. The van der Waals surface area contributed by atoms with Crippen molar-refractivity contribution in [2.75, 3.05) is 18.5 Å². The van der Waals surface area contributed by atoms with Gasteiger partial charge < -0.3 is 20.5 Å². The molecule has 0 bridgehead atoms. The predicted molar refractivity (Wildman–Crippen MR) is 73.3 cm³/mol. The zero-order valence-corrected chi connectivity index (χ0v) is 11.3. The molecule has 0 saturated carbocycles. The number of ether oxygens (including phenoxy) is 1. The first-order chi connectivity index (χ1) is 9.13. The number of aliphatic hydroxyl groups excluding tert-OH is 1. The molecular formula is C14H20N2O3. The van der Waals surface area contributed by atoms with E-state index in [0.29, 0.717) is 11.4 Å². The molecule has 5 nitrogen and oxygen atoms in total. The molecule has 3 N–H and O–H groups in total. The van der Waals surface area contributed by atoms with Crippen molar-refractivity contribution in [2.24, 2.45) is 0 Å². The van der Waals surface area contributed by atoms with Gasteiger partial charge in [-0.25, -0.2) is 0 Å². The largest absolute Gasteiger partial charge is 0.482 e. The topological polar surface area (TPSA) is 70.6 Å². The summed E-state index contributed by atoms with van der Waals surface area (Å²) in [7, 11) is 0. The van der Waals surface area contributed by atoms with Gasteiger partial charge >= 0.3 is 0 Å². The molecule has 104 valence electrons. The van der Waals surface area contributed by atoms with Gasteiger partial charge in [-0.05, 0) is 31.0 Å². The highest BCUT2D eigenvalue weighted by molar-refractivity contribution is 5.95. The first-order valence-corrected chi connectivity index (χ1v) is 6.57. The van der Waals surface area contributed by atoms with Crippen LogP contribution in [-0.4, -0.2) is 30.3 Å². The van der Waals surface area contributed by atoms with Gasteiger partial charge in [0.1, 0.15) is 5.75 Å². The highest BCUT2D eigenvalue weighted by atomic mass is 16.5. The molecule has 1 heterocycles. The van der Waals surface area contributed by atoms with Crippen molar-refractivity contribution in [3.05, 3.63) is 23.8 Å². The average Bonchev–Trinajstić information content (AvgIpc) is 2.43. The third kappa shape index (κ3) is 3.24. The van der Waals surface area contributed by atoms with Crippen LogP contribution in [0.5, 0.6) is 5.75 Å². The van der Waals surface area contributed by atoms with Crippen LogP contribution >= 0.6 is 0 Å². The summed E-state index contributed by atoms with van der Waals surface area (Å²) in [5.41, 5.74) is 1.76. The van der Waals surface area contributed by atoms with Gasteiger partial charge in [-0.15, -0.1) is 0 Å². The van der Waals surface area contributed by atoms with Gasteiger partial charge in [-0.1, -0.05) is 13.0 Å². The Kier molecular flexibility index (Phi) is 4.39. The lowest BCUT2D eigenvalue weighted by Crippen LogP contribution is -2.34. The van der Waals surface area contributed by atoms with Gasteiger partial charge in [0.05, 0.1) is 12.3 Å². The Bertz CT molecular complexity index is 458. The van der Waals surface area contributed by atoms with Gasteiger partial charge in [0.15, 0.2) is 6.61 Å². The second-order valence-corrected chi connectivity index (χ2v) is 4.77. The highest BCUT2D eigenvalue weighted by Gasteiger charge is 2.18. The van der Waals surface area contributed by atoms with E-state index in [9.17, 15) is 9.90 Å². The Morgan fingerprint density at radius 3 is 3.00 bits per heavy atom. The van der Waals surface area contributed by atoms with Gasteiger partial charge in [-0.2, -0.15) is 0 Å². The molecule has 1 unspecified atom stereocenters. The quantitative estimate of drug-likeness (QED) is 0.752. The number of hydrogen-bond donors (Lipinski definition) is 3. The zero-order chi connectivity index (χ0) is 13.8. The number of rotatable bonds is 5. The summed E-state index contributed by atoms with van der Waals surface area (Å²) < 4.78 is 5.32. The zero-order valence-electron chi connectivity index (χ0n) is 11.3. The van der Waals surface area contributed by atoms with Gasteiger partial charge in [0.2, 0.25) is 0 Å². The fourth-order valence-electron chi connectivity index (χ4n) is 2.12. The lowest BCUT2D eigenvalue weighted by Gasteiger charge is -2.23. The molecule has 0 saturated heterocycles. The van der Waals surface area contributed by atoms with Crippen LogP contribution in [0, 0.1) is 0 Å². The summed E-state index contributed by atoms with van der Waals surface area (Å²) in [6.45, 7) is 4.25. The van der Waals surface area contributed by atoms with Crippen molar-refractivity contribution in [3.8, 4) is 5.75 Å². The number of anilines is 1. The summed E-state index contributed by atoms with van der Waals surface area (Å²) in [4.78, 5) is 11.3. The van der Waals surface area contributed by atoms with Crippen LogP contribution in [0.3, 0.4) is 0 Å². The van der Waals surface area contributed by atoms with E-state index in [4.69, 9.17) is 4.74 Å². The molecule has 1 aliphatic heterocycles. The van der Waals surface area contributed by atoms with Crippen LogP contribution in [-0.2, 0) is 4.79 Å². The molecule has 0 spiro atoms. The molecule has 0 aromatic heterocycles. The van der Waals surface area contributed by atoms with E-state index in [1.807, 2.05) is 32.0 Å². The maximum atomic E-state index is 11.3. The molecule has 1 amide bonds. The Balaban J connectivity index is 2.12.